The van der Waals surface area contributed by atoms with Gasteiger partial charge in [-0.2, -0.15) is 13.2 Å². The van der Waals surface area contributed by atoms with Crippen LogP contribution in [0.25, 0.3) is 10.8 Å². The van der Waals surface area contributed by atoms with Crippen molar-refractivity contribution in [1.82, 2.24) is 0 Å². The van der Waals surface area contributed by atoms with E-state index in [0.717, 1.165) is 22.9 Å². The molecule has 0 atom stereocenters. The van der Waals surface area contributed by atoms with Crippen LogP contribution >= 0.6 is 0 Å². The minimum atomic E-state index is -4.41. The SMILES string of the molecule is O=C(CNc1cccc(C(F)(F)F)c1)Nc1ccc2ccccc2c1. The summed E-state index contributed by atoms with van der Waals surface area (Å²) in [5.74, 6) is -0.340. The molecule has 0 heterocycles. The average molecular weight is 344 g/mol. The Balaban J connectivity index is 1.62. The predicted octanol–water partition coefficient (Wildman–Crippen LogP) is 4.91. The molecular weight excluding hydrogens is 329 g/mol. The average Bonchev–Trinajstić information content (AvgIpc) is 2.59. The molecule has 0 aromatic heterocycles. The lowest BCUT2D eigenvalue weighted by Gasteiger charge is -2.11. The number of nitrogens with one attached hydrogen (secondary N) is 2. The van der Waals surface area contributed by atoms with Gasteiger partial charge in [0.15, 0.2) is 0 Å². The first kappa shape index (κ1) is 16.8. The molecule has 3 aromatic rings. The first-order valence-corrected chi connectivity index (χ1v) is 7.61. The van der Waals surface area contributed by atoms with Crippen molar-refractivity contribution in [3.8, 4) is 0 Å². The Bertz CT molecular complexity index is 906. The van der Waals surface area contributed by atoms with Gasteiger partial charge >= 0.3 is 6.18 Å². The van der Waals surface area contributed by atoms with Gasteiger partial charge in [0.25, 0.3) is 0 Å². The van der Waals surface area contributed by atoms with Gasteiger partial charge in [-0.1, -0.05) is 36.4 Å². The van der Waals surface area contributed by atoms with Crippen molar-refractivity contribution < 1.29 is 18.0 Å². The molecule has 0 aliphatic heterocycles. The summed E-state index contributed by atoms with van der Waals surface area (Å²) in [7, 11) is 0. The number of hydrogen-bond acceptors (Lipinski definition) is 2. The second kappa shape index (κ2) is 6.84. The van der Waals surface area contributed by atoms with E-state index in [2.05, 4.69) is 10.6 Å². The lowest BCUT2D eigenvalue weighted by atomic mass is 10.1. The Morgan fingerprint density at radius 2 is 1.60 bits per heavy atom. The highest BCUT2D eigenvalue weighted by atomic mass is 19.4. The Labute approximate surface area is 142 Å². The van der Waals surface area contributed by atoms with Crippen LogP contribution in [-0.2, 0) is 11.0 Å². The van der Waals surface area contributed by atoms with Gasteiger partial charge in [0.05, 0.1) is 12.1 Å². The van der Waals surface area contributed by atoms with Crippen molar-refractivity contribution in [2.45, 2.75) is 6.18 Å². The van der Waals surface area contributed by atoms with Gasteiger partial charge < -0.3 is 10.6 Å². The summed E-state index contributed by atoms with van der Waals surface area (Å²) >= 11 is 0. The van der Waals surface area contributed by atoms with Crippen molar-refractivity contribution in [1.29, 1.82) is 0 Å². The van der Waals surface area contributed by atoms with Crippen molar-refractivity contribution in [2.75, 3.05) is 17.2 Å². The Kier molecular flexibility index (Phi) is 4.61. The molecule has 2 N–H and O–H groups in total. The van der Waals surface area contributed by atoms with Gasteiger partial charge in [-0.25, -0.2) is 0 Å². The monoisotopic (exact) mass is 344 g/mol. The maximum absolute atomic E-state index is 12.7. The van der Waals surface area contributed by atoms with Gasteiger partial charge in [-0.15, -0.1) is 0 Å². The molecular formula is C19H15F3N2O. The summed E-state index contributed by atoms with van der Waals surface area (Å²) in [5.41, 5.74) is 0.116. The molecule has 0 aliphatic carbocycles. The minimum absolute atomic E-state index is 0.131. The van der Waals surface area contributed by atoms with E-state index >= 15 is 0 Å². The van der Waals surface area contributed by atoms with Crippen LogP contribution < -0.4 is 10.6 Å². The van der Waals surface area contributed by atoms with E-state index in [1.807, 2.05) is 36.4 Å². The highest BCUT2D eigenvalue weighted by molar-refractivity contribution is 5.96. The Morgan fingerprint density at radius 1 is 0.840 bits per heavy atom. The molecule has 0 spiro atoms. The van der Waals surface area contributed by atoms with Crippen LogP contribution in [0.4, 0.5) is 24.5 Å². The molecule has 0 fully saturated rings. The molecule has 0 saturated heterocycles. The molecule has 0 saturated carbocycles. The summed E-state index contributed by atoms with van der Waals surface area (Å²) in [4.78, 5) is 12.0. The smallest absolute Gasteiger partial charge is 0.376 e. The molecule has 3 aromatic carbocycles. The zero-order valence-electron chi connectivity index (χ0n) is 13.1. The fourth-order valence-corrected chi connectivity index (χ4v) is 2.46. The number of alkyl halides is 3. The molecule has 6 heteroatoms. The van der Waals surface area contributed by atoms with Gasteiger partial charge in [-0.3, -0.25) is 4.79 Å². The summed E-state index contributed by atoms with van der Waals surface area (Å²) in [6.45, 7) is -0.131. The highest BCUT2D eigenvalue weighted by Crippen LogP contribution is 2.30. The quantitative estimate of drug-likeness (QED) is 0.706. The molecule has 0 radical (unpaired) electrons. The third-order valence-corrected chi connectivity index (χ3v) is 3.68. The summed E-state index contributed by atoms with van der Waals surface area (Å²) in [5, 5.41) is 7.48. The van der Waals surface area contributed by atoms with Gasteiger partial charge in [0, 0.05) is 11.4 Å². The second-order valence-corrected chi connectivity index (χ2v) is 5.54. The van der Waals surface area contributed by atoms with Crippen LogP contribution in [0.3, 0.4) is 0 Å². The van der Waals surface area contributed by atoms with Crippen molar-refractivity contribution >= 4 is 28.1 Å². The number of halogens is 3. The lowest BCUT2D eigenvalue weighted by Crippen LogP contribution is -2.21. The number of carbonyl (C=O) groups is 1. The third-order valence-electron chi connectivity index (χ3n) is 3.68. The zero-order valence-corrected chi connectivity index (χ0v) is 13.1. The molecule has 128 valence electrons. The zero-order chi connectivity index (χ0) is 17.9. The number of benzene rings is 3. The molecule has 3 nitrogen and oxygen atoms in total. The van der Waals surface area contributed by atoms with Crippen LogP contribution in [0.1, 0.15) is 5.56 Å². The number of hydrogen-bond donors (Lipinski definition) is 2. The molecule has 3 rings (SSSR count). The Hall–Kier alpha value is -3.02. The van der Waals surface area contributed by atoms with Crippen LogP contribution in [0.5, 0.6) is 0 Å². The number of carbonyl (C=O) groups excluding carboxylic acids is 1. The molecule has 0 aliphatic rings. The van der Waals surface area contributed by atoms with Crippen LogP contribution in [-0.4, -0.2) is 12.5 Å². The van der Waals surface area contributed by atoms with E-state index in [1.165, 1.54) is 12.1 Å². The second-order valence-electron chi connectivity index (χ2n) is 5.54. The predicted molar refractivity (Wildman–Crippen MR) is 92.5 cm³/mol. The summed E-state index contributed by atoms with van der Waals surface area (Å²) in [6.07, 6.45) is -4.41. The normalized spacial score (nSPS) is 11.3. The molecule has 0 bridgehead atoms. The highest BCUT2D eigenvalue weighted by Gasteiger charge is 2.30. The van der Waals surface area contributed by atoms with Crippen LogP contribution in [0, 0.1) is 0 Å². The Morgan fingerprint density at radius 3 is 2.36 bits per heavy atom. The van der Waals surface area contributed by atoms with Gasteiger partial charge in [0.1, 0.15) is 0 Å². The van der Waals surface area contributed by atoms with E-state index < -0.39 is 11.7 Å². The first-order chi connectivity index (χ1) is 11.9. The number of amides is 1. The maximum Gasteiger partial charge on any atom is 0.416 e. The molecule has 25 heavy (non-hydrogen) atoms. The number of fused-ring (bicyclic) bond motifs is 1. The fourth-order valence-electron chi connectivity index (χ4n) is 2.46. The first-order valence-electron chi connectivity index (χ1n) is 7.61. The van der Waals surface area contributed by atoms with E-state index in [1.54, 1.807) is 6.07 Å². The van der Waals surface area contributed by atoms with Crippen LogP contribution in [0.15, 0.2) is 66.7 Å². The third kappa shape index (κ3) is 4.29. The van der Waals surface area contributed by atoms with Gasteiger partial charge in [0.2, 0.25) is 5.91 Å². The van der Waals surface area contributed by atoms with Crippen LogP contribution in [0.2, 0.25) is 0 Å². The van der Waals surface area contributed by atoms with E-state index in [9.17, 15) is 18.0 Å². The van der Waals surface area contributed by atoms with Crippen molar-refractivity contribution in [3.05, 3.63) is 72.3 Å². The summed E-state index contributed by atoms with van der Waals surface area (Å²) in [6, 6.07) is 18.0. The topological polar surface area (TPSA) is 41.1 Å². The minimum Gasteiger partial charge on any atom is -0.376 e. The van der Waals surface area contributed by atoms with E-state index in [-0.39, 0.29) is 18.1 Å². The van der Waals surface area contributed by atoms with E-state index in [4.69, 9.17) is 0 Å². The molecule has 1 amide bonds. The lowest BCUT2D eigenvalue weighted by molar-refractivity contribution is -0.137. The molecule has 0 unspecified atom stereocenters. The van der Waals surface area contributed by atoms with E-state index in [0.29, 0.717) is 5.69 Å². The number of rotatable bonds is 4. The number of anilines is 2. The maximum atomic E-state index is 12.7. The van der Waals surface area contributed by atoms with Gasteiger partial charge in [-0.05, 0) is 41.1 Å². The standard InChI is InChI=1S/C19H15F3N2O/c20-19(21,22)15-6-3-7-16(11-15)23-12-18(25)24-17-9-8-13-4-1-2-5-14(13)10-17/h1-11,23H,12H2,(H,24,25). The largest absolute Gasteiger partial charge is 0.416 e. The fraction of sp³-hybridized carbons (Fsp3) is 0.105. The van der Waals surface area contributed by atoms with Crippen molar-refractivity contribution in [2.24, 2.45) is 0 Å². The van der Waals surface area contributed by atoms with Crippen molar-refractivity contribution in [3.63, 3.8) is 0 Å². The summed E-state index contributed by atoms with van der Waals surface area (Å²) < 4.78 is 38.0.